The Labute approximate surface area is 224 Å². The number of likely N-dealkylation sites (tertiary alicyclic amines) is 2. The summed E-state index contributed by atoms with van der Waals surface area (Å²) in [6, 6.07) is 0.0222. The van der Waals surface area contributed by atoms with Gasteiger partial charge in [-0.25, -0.2) is 0 Å². The van der Waals surface area contributed by atoms with Gasteiger partial charge in [-0.1, -0.05) is 13.8 Å². The summed E-state index contributed by atoms with van der Waals surface area (Å²) in [7, 11) is 2.09. The predicted octanol–water partition coefficient (Wildman–Crippen LogP) is 2.97. The van der Waals surface area contributed by atoms with Gasteiger partial charge in [0.25, 0.3) is 0 Å². The third-order valence-corrected chi connectivity index (χ3v) is 9.04. The highest BCUT2D eigenvalue weighted by molar-refractivity contribution is 6.03. The number of cyclic esters (lactones) is 1. The minimum atomic E-state index is -1.26. The highest BCUT2D eigenvalue weighted by Crippen LogP contribution is 2.32. The number of hydrogen-bond donors (Lipinski definition) is 1. The molecule has 0 aromatic rings. The number of amides is 1. The fourth-order valence-corrected chi connectivity index (χ4v) is 6.58. The summed E-state index contributed by atoms with van der Waals surface area (Å²) in [5.74, 6) is -0.238. The number of piperidine rings is 1. The van der Waals surface area contributed by atoms with Crippen LogP contribution >= 0.6 is 0 Å². The third kappa shape index (κ3) is 7.99. The fraction of sp³-hybridized carbons (Fsp3) is 0.897. The number of nitrogens with zero attached hydrogens (tertiary/aromatic N) is 3. The Morgan fingerprint density at radius 2 is 1.65 bits per heavy atom. The number of Topliss-reactive ketones (excluding diaryl/α,β-unsaturated/α-hetero) is 1. The van der Waals surface area contributed by atoms with Crippen molar-refractivity contribution >= 4 is 17.7 Å². The van der Waals surface area contributed by atoms with E-state index in [1.807, 2.05) is 4.90 Å². The van der Waals surface area contributed by atoms with Gasteiger partial charge in [-0.15, -0.1) is 0 Å². The first-order valence-corrected chi connectivity index (χ1v) is 14.4. The molecule has 37 heavy (non-hydrogen) atoms. The quantitative estimate of drug-likeness (QED) is 0.451. The minimum absolute atomic E-state index is 0.0222. The van der Waals surface area contributed by atoms with Gasteiger partial charge in [0, 0.05) is 31.6 Å². The summed E-state index contributed by atoms with van der Waals surface area (Å²) in [4.78, 5) is 45.7. The molecule has 3 saturated heterocycles. The largest absolute Gasteiger partial charge is 0.463 e. The molecule has 0 aromatic carbocycles. The lowest BCUT2D eigenvalue weighted by Gasteiger charge is -2.41. The van der Waals surface area contributed by atoms with E-state index in [0.29, 0.717) is 31.2 Å². The SMILES string of the molecule is CC1CC[C@@](C)(O)CC(C)C(=O)C(C)(C)C(=O)OC[C@@H](C2CCN(C(=O)CN3CCCC3)CC2)N(C)C1. The molecule has 3 rings (SSSR count). The van der Waals surface area contributed by atoms with Crippen molar-refractivity contribution in [2.24, 2.45) is 23.2 Å². The first kappa shape index (κ1) is 30.0. The van der Waals surface area contributed by atoms with E-state index in [2.05, 4.69) is 23.8 Å². The van der Waals surface area contributed by atoms with Crippen LogP contribution in [0.25, 0.3) is 0 Å². The second kappa shape index (κ2) is 12.6. The zero-order valence-electron chi connectivity index (χ0n) is 24.1. The lowest BCUT2D eigenvalue weighted by molar-refractivity contribution is -0.162. The summed E-state index contributed by atoms with van der Waals surface area (Å²) in [5.41, 5.74) is -2.22. The number of carbonyl (C=O) groups excluding carboxylic acids is 3. The van der Waals surface area contributed by atoms with Crippen LogP contribution in [-0.4, -0.2) is 102 Å². The van der Waals surface area contributed by atoms with Crippen LogP contribution in [0.3, 0.4) is 0 Å². The molecule has 0 spiro atoms. The first-order chi connectivity index (χ1) is 17.3. The number of hydrogen-bond acceptors (Lipinski definition) is 7. The van der Waals surface area contributed by atoms with Crippen LogP contribution in [0.15, 0.2) is 0 Å². The van der Waals surface area contributed by atoms with Crippen LogP contribution < -0.4 is 0 Å². The van der Waals surface area contributed by atoms with Gasteiger partial charge in [-0.05, 0) is 97.7 Å². The predicted molar refractivity (Wildman–Crippen MR) is 144 cm³/mol. The molecule has 0 radical (unpaired) electrons. The summed E-state index contributed by atoms with van der Waals surface area (Å²) >= 11 is 0. The highest BCUT2D eigenvalue weighted by Gasteiger charge is 2.43. The molecule has 8 nitrogen and oxygen atoms in total. The lowest BCUT2D eigenvalue weighted by Crippen LogP contribution is -2.51. The van der Waals surface area contributed by atoms with Gasteiger partial charge < -0.3 is 14.7 Å². The molecule has 3 fully saturated rings. The molecular weight excluding hydrogens is 470 g/mol. The van der Waals surface area contributed by atoms with Crippen LogP contribution in [0.2, 0.25) is 0 Å². The van der Waals surface area contributed by atoms with E-state index in [9.17, 15) is 19.5 Å². The van der Waals surface area contributed by atoms with Crippen molar-refractivity contribution in [3.8, 4) is 0 Å². The lowest BCUT2D eigenvalue weighted by atomic mass is 9.76. The molecule has 4 atom stereocenters. The fourth-order valence-electron chi connectivity index (χ4n) is 6.58. The zero-order valence-corrected chi connectivity index (χ0v) is 24.1. The molecule has 0 bridgehead atoms. The van der Waals surface area contributed by atoms with E-state index in [1.165, 1.54) is 12.8 Å². The number of ether oxygens (including phenoxy) is 1. The molecule has 1 N–H and O–H groups in total. The second-order valence-electron chi connectivity index (χ2n) is 13.0. The number of aliphatic hydroxyl groups is 1. The normalized spacial score (nSPS) is 34.2. The summed E-state index contributed by atoms with van der Waals surface area (Å²) in [6.07, 6.45) is 5.92. The van der Waals surface area contributed by atoms with E-state index in [0.717, 1.165) is 52.0 Å². The molecule has 0 aromatic heterocycles. The highest BCUT2D eigenvalue weighted by atomic mass is 16.5. The van der Waals surface area contributed by atoms with Gasteiger partial charge in [0.05, 0.1) is 12.1 Å². The summed E-state index contributed by atoms with van der Waals surface area (Å²) in [5, 5.41) is 11.0. The van der Waals surface area contributed by atoms with Gasteiger partial charge in [-0.2, -0.15) is 0 Å². The minimum Gasteiger partial charge on any atom is -0.463 e. The van der Waals surface area contributed by atoms with Crippen molar-refractivity contribution in [2.45, 2.75) is 91.2 Å². The standard InChI is InChI=1S/C29H51N3O5/c1-21-9-12-29(5,36)17-22(2)26(34)28(3,4)27(35)37-20-24(30(6)18-21)23-10-15-32(16-11-23)25(33)19-31-13-7-8-14-31/h21-24,36H,7-20H2,1-6H3/t21?,22?,24-,29+/m0/s1. The molecule has 3 aliphatic rings. The maximum Gasteiger partial charge on any atom is 0.319 e. The van der Waals surface area contributed by atoms with Gasteiger partial charge in [-0.3, -0.25) is 24.2 Å². The molecule has 212 valence electrons. The van der Waals surface area contributed by atoms with E-state index in [-0.39, 0.29) is 24.3 Å². The number of ketones is 1. The topological polar surface area (TPSA) is 90.4 Å². The smallest absolute Gasteiger partial charge is 0.319 e. The Hall–Kier alpha value is -1.51. The first-order valence-electron chi connectivity index (χ1n) is 14.4. The molecule has 0 saturated carbocycles. The Balaban J connectivity index is 1.69. The molecular formula is C29H51N3O5. The van der Waals surface area contributed by atoms with E-state index >= 15 is 0 Å². The molecule has 2 unspecified atom stereocenters. The number of esters is 1. The van der Waals surface area contributed by atoms with Crippen molar-refractivity contribution < 1.29 is 24.2 Å². The average Bonchev–Trinajstić information content (AvgIpc) is 3.34. The van der Waals surface area contributed by atoms with E-state index in [4.69, 9.17) is 4.74 Å². The maximum atomic E-state index is 13.2. The molecule has 3 aliphatic heterocycles. The number of likely N-dealkylation sites (N-methyl/N-ethyl adjacent to an activating group) is 1. The summed E-state index contributed by atoms with van der Waals surface area (Å²) < 4.78 is 5.86. The Morgan fingerprint density at radius 1 is 1.03 bits per heavy atom. The van der Waals surface area contributed by atoms with Gasteiger partial charge in [0.2, 0.25) is 5.91 Å². The van der Waals surface area contributed by atoms with Crippen molar-refractivity contribution in [1.82, 2.24) is 14.7 Å². The van der Waals surface area contributed by atoms with Crippen LogP contribution in [0.1, 0.15) is 79.6 Å². The monoisotopic (exact) mass is 521 g/mol. The van der Waals surface area contributed by atoms with Gasteiger partial charge in [0.15, 0.2) is 5.78 Å². The Bertz CT molecular complexity index is 799. The van der Waals surface area contributed by atoms with Crippen LogP contribution in [-0.2, 0) is 19.1 Å². The summed E-state index contributed by atoms with van der Waals surface area (Å²) in [6.45, 7) is 14.2. The van der Waals surface area contributed by atoms with Gasteiger partial charge in [0.1, 0.15) is 12.0 Å². The van der Waals surface area contributed by atoms with Crippen LogP contribution in [0.5, 0.6) is 0 Å². The maximum absolute atomic E-state index is 13.2. The van der Waals surface area contributed by atoms with Gasteiger partial charge >= 0.3 is 5.97 Å². The van der Waals surface area contributed by atoms with Crippen LogP contribution in [0, 0.1) is 23.2 Å². The van der Waals surface area contributed by atoms with Crippen molar-refractivity contribution in [3.05, 3.63) is 0 Å². The Kier molecular flexibility index (Phi) is 10.2. The Morgan fingerprint density at radius 3 is 2.27 bits per heavy atom. The third-order valence-electron chi connectivity index (χ3n) is 9.04. The second-order valence-corrected chi connectivity index (χ2v) is 13.0. The molecule has 0 aliphatic carbocycles. The molecule has 1 amide bonds. The van der Waals surface area contributed by atoms with E-state index < -0.39 is 22.9 Å². The van der Waals surface area contributed by atoms with Crippen molar-refractivity contribution in [2.75, 3.05) is 52.9 Å². The van der Waals surface area contributed by atoms with Crippen molar-refractivity contribution in [3.63, 3.8) is 0 Å². The number of carbonyl (C=O) groups is 3. The van der Waals surface area contributed by atoms with Crippen LogP contribution in [0.4, 0.5) is 0 Å². The zero-order chi connectivity index (χ0) is 27.4. The molecule has 3 heterocycles. The number of rotatable bonds is 3. The molecule has 8 heteroatoms. The van der Waals surface area contributed by atoms with Crippen molar-refractivity contribution in [1.29, 1.82) is 0 Å². The van der Waals surface area contributed by atoms with E-state index in [1.54, 1.807) is 27.7 Å². The average molecular weight is 522 g/mol.